The normalized spacial score (nSPS) is 16.7. The maximum absolute atomic E-state index is 6.02. The molecular formula is C22H33N5. The Morgan fingerprint density at radius 2 is 1.11 bits per heavy atom. The molecule has 0 unspecified atom stereocenters. The van der Waals surface area contributed by atoms with Crippen LogP contribution in [0.1, 0.15) is 18.1 Å². The predicted molar refractivity (Wildman–Crippen MR) is 118 cm³/mol. The third kappa shape index (κ3) is 4.66. The number of hydrogen-bond donors (Lipinski definition) is 2. The molecule has 1 heterocycles. The van der Waals surface area contributed by atoms with Gasteiger partial charge in [0.15, 0.2) is 0 Å². The minimum absolute atomic E-state index is 0.858. The number of nitrogen functional groups attached to an aromatic ring is 2. The van der Waals surface area contributed by atoms with Gasteiger partial charge < -0.3 is 26.2 Å². The van der Waals surface area contributed by atoms with Crippen LogP contribution in [0.3, 0.4) is 0 Å². The summed E-state index contributed by atoms with van der Waals surface area (Å²) in [6.45, 7) is 13.7. The largest absolute Gasteiger partial charge is 0.399 e. The molecule has 0 atom stereocenters. The molecule has 146 valence electrons. The Labute approximate surface area is 163 Å². The molecule has 27 heavy (non-hydrogen) atoms. The fraction of sp³-hybridized carbons (Fsp3) is 0.455. The van der Waals surface area contributed by atoms with E-state index in [0.29, 0.717) is 0 Å². The maximum atomic E-state index is 6.02. The number of nitrogens with zero attached hydrogens (tertiary/aromatic N) is 3. The lowest BCUT2D eigenvalue weighted by Gasteiger charge is -2.29. The lowest BCUT2D eigenvalue weighted by atomic mass is 10.1. The van der Waals surface area contributed by atoms with E-state index in [4.69, 9.17) is 11.5 Å². The third-order valence-electron chi connectivity index (χ3n) is 5.70. The first-order chi connectivity index (χ1) is 13.0. The average molecular weight is 368 g/mol. The van der Waals surface area contributed by atoms with Crippen molar-refractivity contribution in [2.45, 2.75) is 20.8 Å². The lowest BCUT2D eigenvalue weighted by Crippen LogP contribution is -2.36. The molecule has 0 radical (unpaired) electrons. The fourth-order valence-electron chi connectivity index (χ4n) is 3.65. The topological polar surface area (TPSA) is 61.8 Å². The smallest absolute Gasteiger partial charge is 0.0371 e. The summed E-state index contributed by atoms with van der Waals surface area (Å²) in [6.07, 6.45) is 0. The van der Waals surface area contributed by atoms with E-state index in [0.717, 1.165) is 68.3 Å². The van der Waals surface area contributed by atoms with Gasteiger partial charge in [0.2, 0.25) is 0 Å². The zero-order valence-electron chi connectivity index (χ0n) is 16.9. The van der Waals surface area contributed by atoms with Crippen LogP contribution in [0.2, 0.25) is 0 Å². The maximum Gasteiger partial charge on any atom is 0.0371 e. The monoisotopic (exact) mass is 367 g/mol. The van der Waals surface area contributed by atoms with Gasteiger partial charge in [-0.1, -0.05) is 6.92 Å². The van der Waals surface area contributed by atoms with Gasteiger partial charge in [0, 0.05) is 62.0 Å². The number of nitrogens with two attached hydrogens (primary N) is 2. The first kappa shape index (κ1) is 19.4. The van der Waals surface area contributed by atoms with Gasteiger partial charge >= 0.3 is 0 Å². The Balaban J connectivity index is 1.84. The first-order valence-electron chi connectivity index (χ1n) is 9.92. The quantitative estimate of drug-likeness (QED) is 0.816. The van der Waals surface area contributed by atoms with Gasteiger partial charge in [0.25, 0.3) is 0 Å². The number of aryl methyl sites for hydroxylation is 2. The second-order valence-electron chi connectivity index (χ2n) is 7.49. The molecule has 0 aromatic heterocycles. The SMILES string of the molecule is CCN1CCN(c2ccc(N)c(C)c2)CCN(c2ccc(N)c(C)c2)CC1. The Hall–Kier alpha value is -2.40. The van der Waals surface area contributed by atoms with Crippen molar-refractivity contribution in [1.82, 2.24) is 4.90 Å². The molecular weight excluding hydrogens is 334 g/mol. The molecule has 1 aliphatic rings. The third-order valence-corrected chi connectivity index (χ3v) is 5.70. The highest BCUT2D eigenvalue weighted by Gasteiger charge is 2.17. The number of rotatable bonds is 3. The van der Waals surface area contributed by atoms with E-state index in [-0.39, 0.29) is 0 Å². The predicted octanol–water partition coefficient (Wildman–Crippen LogP) is 3.12. The Morgan fingerprint density at radius 3 is 1.48 bits per heavy atom. The number of benzene rings is 2. The average Bonchev–Trinajstić information content (AvgIpc) is 2.76. The fourth-order valence-corrected chi connectivity index (χ4v) is 3.65. The Morgan fingerprint density at radius 1 is 0.704 bits per heavy atom. The molecule has 0 aliphatic carbocycles. The van der Waals surface area contributed by atoms with Crippen molar-refractivity contribution in [1.29, 1.82) is 0 Å². The molecule has 5 heteroatoms. The highest BCUT2D eigenvalue weighted by molar-refractivity contribution is 5.60. The molecule has 4 N–H and O–H groups in total. The van der Waals surface area contributed by atoms with E-state index in [2.05, 4.69) is 59.7 Å². The van der Waals surface area contributed by atoms with Gasteiger partial charge in [-0.15, -0.1) is 0 Å². The summed E-state index contributed by atoms with van der Waals surface area (Å²) in [5.74, 6) is 0. The van der Waals surface area contributed by atoms with Gasteiger partial charge in [-0.3, -0.25) is 0 Å². The van der Waals surface area contributed by atoms with Crippen LogP contribution in [0.25, 0.3) is 0 Å². The van der Waals surface area contributed by atoms with Crippen LogP contribution < -0.4 is 21.3 Å². The molecule has 0 bridgehead atoms. The molecule has 0 saturated carbocycles. The van der Waals surface area contributed by atoms with Crippen molar-refractivity contribution < 1.29 is 0 Å². The van der Waals surface area contributed by atoms with E-state index in [1.54, 1.807) is 0 Å². The number of anilines is 4. The Bertz CT molecular complexity index is 710. The van der Waals surface area contributed by atoms with Gasteiger partial charge in [-0.05, 0) is 67.9 Å². The summed E-state index contributed by atoms with van der Waals surface area (Å²) >= 11 is 0. The van der Waals surface area contributed by atoms with Crippen molar-refractivity contribution in [3.05, 3.63) is 47.5 Å². The van der Waals surface area contributed by atoms with Crippen LogP contribution in [-0.2, 0) is 0 Å². The highest BCUT2D eigenvalue weighted by atomic mass is 15.3. The molecule has 0 amide bonds. The minimum Gasteiger partial charge on any atom is -0.399 e. The second kappa shape index (κ2) is 8.53. The van der Waals surface area contributed by atoms with Crippen LogP contribution in [0.5, 0.6) is 0 Å². The summed E-state index contributed by atoms with van der Waals surface area (Å²) in [6, 6.07) is 12.8. The summed E-state index contributed by atoms with van der Waals surface area (Å²) in [7, 11) is 0. The molecule has 1 fully saturated rings. The molecule has 2 aromatic rings. The van der Waals surface area contributed by atoms with Crippen molar-refractivity contribution in [3.63, 3.8) is 0 Å². The number of hydrogen-bond acceptors (Lipinski definition) is 5. The van der Waals surface area contributed by atoms with Crippen LogP contribution in [0, 0.1) is 13.8 Å². The van der Waals surface area contributed by atoms with Crippen molar-refractivity contribution in [2.75, 3.05) is 67.1 Å². The van der Waals surface area contributed by atoms with Crippen molar-refractivity contribution >= 4 is 22.7 Å². The van der Waals surface area contributed by atoms with Gasteiger partial charge in [-0.2, -0.15) is 0 Å². The van der Waals surface area contributed by atoms with Crippen LogP contribution in [-0.4, -0.2) is 50.7 Å². The number of likely N-dealkylation sites (N-methyl/N-ethyl adjacent to an activating group) is 1. The molecule has 3 rings (SSSR count). The lowest BCUT2D eigenvalue weighted by molar-refractivity contribution is 0.304. The van der Waals surface area contributed by atoms with Crippen LogP contribution >= 0.6 is 0 Å². The standard InChI is InChI=1S/C22H33N5/c1-4-25-9-11-26(19-5-7-21(23)17(2)15-19)13-14-27(12-10-25)20-6-8-22(24)18(3)16-20/h5-8,15-16H,4,9-14,23-24H2,1-3H3. The second-order valence-corrected chi connectivity index (χ2v) is 7.49. The van der Waals surface area contributed by atoms with E-state index >= 15 is 0 Å². The molecule has 0 spiro atoms. The van der Waals surface area contributed by atoms with E-state index in [1.807, 2.05) is 12.1 Å². The first-order valence-corrected chi connectivity index (χ1v) is 9.92. The van der Waals surface area contributed by atoms with E-state index < -0.39 is 0 Å². The van der Waals surface area contributed by atoms with Crippen molar-refractivity contribution in [3.8, 4) is 0 Å². The summed E-state index contributed by atoms with van der Waals surface area (Å²) < 4.78 is 0. The minimum atomic E-state index is 0.858. The zero-order valence-corrected chi connectivity index (χ0v) is 16.9. The molecule has 1 aliphatic heterocycles. The van der Waals surface area contributed by atoms with E-state index in [1.165, 1.54) is 11.4 Å². The summed E-state index contributed by atoms with van der Waals surface area (Å²) in [5, 5.41) is 0. The molecule has 2 aromatic carbocycles. The van der Waals surface area contributed by atoms with Gasteiger partial charge in [0.05, 0.1) is 0 Å². The highest BCUT2D eigenvalue weighted by Crippen LogP contribution is 2.23. The summed E-state index contributed by atoms with van der Waals surface area (Å²) in [4.78, 5) is 7.49. The molecule has 5 nitrogen and oxygen atoms in total. The van der Waals surface area contributed by atoms with Gasteiger partial charge in [-0.25, -0.2) is 0 Å². The zero-order chi connectivity index (χ0) is 19.4. The van der Waals surface area contributed by atoms with Crippen LogP contribution in [0.15, 0.2) is 36.4 Å². The van der Waals surface area contributed by atoms with Crippen LogP contribution in [0.4, 0.5) is 22.7 Å². The van der Waals surface area contributed by atoms with E-state index in [9.17, 15) is 0 Å². The summed E-state index contributed by atoms with van der Waals surface area (Å²) in [5.41, 5.74) is 18.6. The molecule has 1 saturated heterocycles. The van der Waals surface area contributed by atoms with Crippen molar-refractivity contribution in [2.24, 2.45) is 0 Å². The van der Waals surface area contributed by atoms with Gasteiger partial charge in [0.1, 0.15) is 0 Å². The Kier molecular flexibility index (Phi) is 6.11.